The van der Waals surface area contributed by atoms with Gasteiger partial charge in [0.15, 0.2) is 15.9 Å². The molecule has 0 saturated carbocycles. The van der Waals surface area contributed by atoms with Gasteiger partial charge < -0.3 is 10.2 Å². The van der Waals surface area contributed by atoms with Gasteiger partial charge in [0.05, 0.1) is 5.75 Å². The largest absolute Gasteiger partial charge is 0.353 e. The molecule has 24 heavy (non-hydrogen) atoms. The standard InChI is InChI=1S/C15H21N5O2S2/c1-9(2)16-10(21)8-23-14-17-12-11(13(22)19(14)3)24-15(18-12)20-6-4-5-7-20/h9H,4-8H2,1-3H3,(H,16,21). The Kier molecular flexibility index (Phi) is 5.09. The fourth-order valence-electron chi connectivity index (χ4n) is 2.59. The van der Waals surface area contributed by atoms with Crippen LogP contribution in [0.15, 0.2) is 9.95 Å². The lowest BCUT2D eigenvalue weighted by atomic mass is 10.4. The summed E-state index contributed by atoms with van der Waals surface area (Å²) in [6.45, 7) is 5.80. The van der Waals surface area contributed by atoms with Crippen molar-refractivity contribution in [2.24, 2.45) is 7.05 Å². The highest BCUT2D eigenvalue weighted by molar-refractivity contribution is 7.99. The van der Waals surface area contributed by atoms with Crippen molar-refractivity contribution in [3.8, 4) is 0 Å². The molecule has 7 nitrogen and oxygen atoms in total. The van der Waals surface area contributed by atoms with Gasteiger partial charge in [-0.1, -0.05) is 23.1 Å². The predicted molar refractivity (Wildman–Crippen MR) is 98.1 cm³/mol. The second kappa shape index (κ2) is 7.10. The molecule has 0 radical (unpaired) electrons. The quantitative estimate of drug-likeness (QED) is 0.639. The molecule has 0 spiro atoms. The van der Waals surface area contributed by atoms with Gasteiger partial charge in [0.1, 0.15) is 4.70 Å². The van der Waals surface area contributed by atoms with E-state index in [1.54, 1.807) is 7.05 Å². The van der Waals surface area contributed by atoms with Gasteiger partial charge >= 0.3 is 0 Å². The molecule has 1 aliphatic heterocycles. The van der Waals surface area contributed by atoms with Crippen molar-refractivity contribution < 1.29 is 4.79 Å². The zero-order valence-corrected chi connectivity index (χ0v) is 15.7. The van der Waals surface area contributed by atoms with E-state index in [0.717, 1.165) is 31.1 Å². The van der Waals surface area contributed by atoms with Crippen molar-refractivity contribution in [3.05, 3.63) is 10.4 Å². The van der Waals surface area contributed by atoms with Gasteiger partial charge in [-0.25, -0.2) is 4.98 Å². The second-order valence-corrected chi connectivity index (χ2v) is 8.03. The summed E-state index contributed by atoms with van der Waals surface area (Å²) in [5, 5.41) is 4.22. The van der Waals surface area contributed by atoms with Crippen LogP contribution in [0, 0.1) is 0 Å². The Morgan fingerprint density at radius 1 is 1.33 bits per heavy atom. The Morgan fingerprint density at radius 2 is 2.04 bits per heavy atom. The molecule has 3 rings (SSSR count). The first kappa shape index (κ1) is 17.2. The van der Waals surface area contributed by atoms with Gasteiger partial charge in [-0.15, -0.1) is 0 Å². The summed E-state index contributed by atoms with van der Waals surface area (Å²) in [7, 11) is 1.69. The van der Waals surface area contributed by atoms with Gasteiger partial charge in [0.25, 0.3) is 5.56 Å². The molecule has 1 amide bonds. The molecule has 1 fully saturated rings. The molecule has 1 saturated heterocycles. The average molecular weight is 368 g/mol. The summed E-state index contributed by atoms with van der Waals surface area (Å²) in [6.07, 6.45) is 2.32. The number of nitrogens with zero attached hydrogens (tertiary/aromatic N) is 4. The number of thiazole rings is 1. The number of carbonyl (C=O) groups excluding carboxylic acids is 1. The van der Waals surface area contributed by atoms with Gasteiger partial charge in [0.2, 0.25) is 5.91 Å². The van der Waals surface area contributed by atoms with Gasteiger partial charge in [-0.3, -0.25) is 14.2 Å². The van der Waals surface area contributed by atoms with Crippen LogP contribution in [-0.4, -0.2) is 45.3 Å². The van der Waals surface area contributed by atoms with Gasteiger partial charge in [-0.05, 0) is 26.7 Å². The van der Waals surface area contributed by atoms with Crippen LogP contribution in [0.3, 0.4) is 0 Å². The summed E-state index contributed by atoms with van der Waals surface area (Å²) in [5.74, 6) is 0.160. The topological polar surface area (TPSA) is 80.1 Å². The average Bonchev–Trinajstić information content (AvgIpc) is 3.17. The molecule has 2 aromatic heterocycles. The van der Waals surface area contributed by atoms with Crippen LogP contribution in [0.2, 0.25) is 0 Å². The van der Waals surface area contributed by atoms with Crippen LogP contribution >= 0.6 is 23.1 Å². The first-order valence-corrected chi connectivity index (χ1v) is 9.80. The van der Waals surface area contributed by atoms with Crippen LogP contribution in [-0.2, 0) is 11.8 Å². The Hall–Kier alpha value is -1.61. The van der Waals surface area contributed by atoms with Gasteiger partial charge in [0, 0.05) is 26.2 Å². The lowest BCUT2D eigenvalue weighted by molar-refractivity contribution is -0.119. The molecule has 9 heteroatoms. The number of nitrogens with one attached hydrogen (secondary N) is 1. The fourth-order valence-corrected chi connectivity index (χ4v) is 4.39. The third-order valence-electron chi connectivity index (χ3n) is 3.74. The lowest BCUT2D eigenvalue weighted by Gasteiger charge is -2.11. The number of anilines is 1. The SMILES string of the molecule is CC(C)NC(=O)CSc1nc2nc(N3CCCC3)sc2c(=O)n1C. The number of hydrogen-bond acceptors (Lipinski definition) is 7. The number of carbonyl (C=O) groups is 1. The number of hydrogen-bond donors (Lipinski definition) is 1. The van der Waals surface area contributed by atoms with Crippen LogP contribution in [0.5, 0.6) is 0 Å². The van der Waals surface area contributed by atoms with E-state index in [-0.39, 0.29) is 23.3 Å². The second-order valence-electron chi connectivity index (χ2n) is 6.11. The van der Waals surface area contributed by atoms with Crippen LogP contribution in [0.1, 0.15) is 26.7 Å². The van der Waals surface area contributed by atoms with E-state index in [4.69, 9.17) is 0 Å². The fraction of sp³-hybridized carbons (Fsp3) is 0.600. The smallest absolute Gasteiger partial charge is 0.273 e. The Balaban J connectivity index is 1.85. The minimum absolute atomic E-state index is 0.0691. The van der Waals surface area contributed by atoms with E-state index in [0.29, 0.717) is 15.5 Å². The van der Waals surface area contributed by atoms with Crippen molar-refractivity contribution in [2.45, 2.75) is 37.9 Å². The minimum atomic E-state index is -0.102. The zero-order valence-electron chi connectivity index (χ0n) is 14.0. The Bertz CT molecular complexity index is 808. The molecule has 2 aromatic rings. The first-order valence-electron chi connectivity index (χ1n) is 8.00. The van der Waals surface area contributed by atoms with Crippen LogP contribution < -0.4 is 15.8 Å². The number of thioether (sulfide) groups is 1. The molecule has 1 aliphatic rings. The van der Waals surface area contributed by atoms with E-state index >= 15 is 0 Å². The minimum Gasteiger partial charge on any atom is -0.353 e. The Morgan fingerprint density at radius 3 is 2.71 bits per heavy atom. The lowest BCUT2D eigenvalue weighted by Crippen LogP contribution is -2.31. The third-order valence-corrected chi connectivity index (χ3v) is 5.87. The van der Waals surface area contributed by atoms with Gasteiger partial charge in [-0.2, -0.15) is 4.98 Å². The molecule has 0 aliphatic carbocycles. The van der Waals surface area contributed by atoms with E-state index in [2.05, 4.69) is 20.2 Å². The van der Waals surface area contributed by atoms with Crippen LogP contribution in [0.25, 0.3) is 10.3 Å². The highest BCUT2D eigenvalue weighted by atomic mass is 32.2. The summed E-state index contributed by atoms with van der Waals surface area (Å²) in [4.78, 5) is 35.6. The van der Waals surface area contributed by atoms with Crippen molar-refractivity contribution in [2.75, 3.05) is 23.7 Å². The van der Waals surface area contributed by atoms with E-state index in [1.807, 2.05) is 13.8 Å². The monoisotopic (exact) mass is 367 g/mol. The maximum Gasteiger partial charge on any atom is 0.273 e. The highest BCUT2D eigenvalue weighted by Gasteiger charge is 2.20. The zero-order chi connectivity index (χ0) is 17.3. The van der Waals surface area contributed by atoms with Crippen molar-refractivity contribution in [3.63, 3.8) is 0 Å². The molecular weight excluding hydrogens is 346 g/mol. The number of rotatable bonds is 5. The number of amides is 1. The molecule has 0 unspecified atom stereocenters. The number of fused-ring (bicyclic) bond motifs is 1. The molecule has 1 N–H and O–H groups in total. The van der Waals surface area contributed by atoms with E-state index in [1.165, 1.54) is 27.7 Å². The van der Waals surface area contributed by atoms with Crippen molar-refractivity contribution in [1.82, 2.24) is 19.9 Å². The molecule has 3 heterocycles. The van der Waals surface area contributed by atoms with E-state index in [9.17, 15) is 9.59 Å². The molecule has 130 valence electrons. The summed E-state index contributed by atoms with van der Waals surface area (Å²) in [5.41, 5.74) is 0.381. The normalized spacial score (nSPS) is 14.8. The third kappa shape index (κ3) is 3.56. The Labute approximate surface area is 148 Å². The first-order chi connectivity index (χ1) is 11.5. The van der Waals surface area contributed by atoms with Crippen molar-refractivity contribution in [1.29, 1.82) is 0 Å². The molecule has 0 atom stereocenters. The number of aromatic nitrogens is 3. The summed E-state index contributed by atoms with van der Waals surface area (Å²) in [6, 6.07) is 0.0962. The molecular formula is C15H21N5O2S2. The maximum absolute atomic E-state index is 12.6. The summed E-state index contributed by atoms with van der Waals surface area (Å²) >= 11 is 2.67. The highest BCUT2D eigenvalue weighted by Crippen LogP contribution is 2.29. The predicted octanol–water partition coefficient (Wildman–Crippen LogP) is 1.61. The summed E-state index contributed by atoms with van der Waals surface area (Å²) < 4.78 is 2.08. The van der Waals surface area contributed by atoms with Crippen molar-refractivity contribution >= 4 is 44.5 Å². The van der Waals surface area contributed by atoms with E-state index < -0.39 is 0 Å². The molecule has 0 aromatic carbocycles. The molecule has 0 bridgehead atoms. The van der Waals surface area contributed by atoms with Crippen LogP contribution in [0.4, 0.5) is 5.13 Å². The maximum atomic E-state index is 12.6.